The molecule has 0 radical (unpaired) electrons. The highest BCUT2D eigenvalue weighted by atomic mass is 16.7. The van der Waals surface area contributed by atoms with Gasteiger partial charge in [-0.3, -0.25) is 9.69 Å². The molecular weight excluding hydrogens is 354 g/mol. The van der Waals surface area contributed by atoms with Crippen LogP contribution in [0.15, 0.2) is 12.3 Å². The predicted molar refractivity (Wildman–Crippen MR) is 112 cm³/mol. The highest BCUT2D eigenvalue weighted by Gasteiger charge is 2.51. The van der Waals surface area contributed by atoms with Gasteiger partial charge in [-0.05, 0) is 38.0 Å². The molecule has 0 spiro atoms. The van der Waals surface area contributed by atoms with Crippen molar-refractivity contribution in [2.24, 2.45) is 5.92 Å². The van der Waals surface area contributed by atoms with Crippen LogP contribution in [0.25, 0.3) is 0 Å². The Morgan fingerprint density at radius 2 is 1.96 bits per heavy atom. The van der Waals surface area contributed by atoms with Gasteiger partial charge in [0.2, 0.25) is 0 Å². The Kier molecular flexibility index (Phi) is 9.80. The van der Waals surface area contributed by atoms with E-state index in [4.69, 9.17) is 14.2 Å². The van der Waals surface area contributed by atoms with E-state index in [-0.39, 0.29) is 18.3 Å². The van der Waals surface area contributed by atoms with Gasteiger partial charge in [0.25, 0.3) is 0 Å². The number of hydrogen-bond donors (Lipinski definition) is 0. The number of carbonyl (C=O) groups excluding carboxylic acids is 1. The summed E-state index contributed by atoms with van der Waals surface area (Å²) in [4.78, 5) is 14.3. The van der Waals surface area contributed by atoms with Crippen molar-refractivity contribution in [1.82, 2.24) is 4.90 Å². The minimum Gasteiger partial charge on any atom is -0.471 e. The summed E-state index contributed by atoms with van der Waals surface area (Å²) >= 11 is 0. The van der Waals surface area contributed by atoms with Gasteiger partial charge in [-0.2, -0.15) is 0 Å². The van der Waals surface area contributed by atoms with Gasteiger partial charge in [0, 0.05) is 20.1 Å². The van der Waals surface area contributed by atoms with Crippen LogP contribution in [0, 0.1) is 5.92 Å². The molecule has 0 amide bonds. The molecule has 2 rings (SSSR count). The predicted octanol–water partition coefficient (Wildman–Crippen LogP) is 5.05. The Morgan fingerprint density at radius 3 is 2.68 bits per heavy atom. The lowest BCUT2D eigenvalue weighted by Crippen LogP contribution is -2.65. The van der Waals surface area contributed by atoms with E-state index in [0.717, 1.165) is 12.2 Å². The molecule has 28 heavy (non-hydrogen) atoms. The third-order valence-corrected chi connectivity index (χ3v) is 6.68. The second kappa shape index (κ2) is 11.8. The fourth-order valence-corrected chi connectivity index (χ4v) is 5.27. The first-order chi connectivity index (χ1) is 13.5. The molecule has 0 unspecified atom stereocenters. The second-order valence-electron chi connectivity index (χ2n) is 8.62. The molecule has 1 saturated carbocycles. The van der Waals surface area contributed by atoms with Crippen molar-refractivity contribution in [1.29, 1.82) is 0 Å². The Bertz CT molecular complexity index is 495. The first-order valence-electron chi connectivity index (χ1n) is 11.2. The number of carbonyl (C=O) groups is 1. The molecule has 0 aromatic heterocycles. The monoisotopic (exact) mass is 395 g/mol. The first kappa shape index (κ1) is 23.2. The quantitative estimate of drug-likeness (QED) is 0.200. The molecule has 0 N–H and O–H groups in total. The Hall–Kier alpha value is -1.07. The Balaban J connectivity index is 2.19. The van der Waals surface area contributed by atoms with Crippen LogP contribution >= 0.6 is 0 Å². The maximum absolute atomic E-state index is 11.7. The van der Waals surface area contributed by atoms with Crippen molar-refractivity contribution in [2.45, 2.75) is 96.1 Å². The summed E-state index contributed by atoms with van der Waals surface area (Å²) in [5.41, 5.74) is -0.0725. The van der Waals surface area contributed by atoms with E-state index >= 15 is 0 Å². The fraction of sp³-hybridized carbons (Fsp3) is 0.870. The van der Waals surface area contributed by atoms with E-state index in [1.54, 1.807) is 7.11 Å². The van der Waals surface area contributed by atoms with Crippen LogP contribution in [0.3, 0.4) is 0 Å². The van der Waals surface area contributed by atoms with Crippen molar-refractivity contribution < 1.29 is 19.0 Å². The number of ether oxygens (including phenoxy) is 3. The van der Waals surface area contributed by atoms with E-state index in [9.17, 15) is 4.79 Å². The summed E-state index contributed by atoms with van der Waals surface area (Å²) in [6.07, 6.45) is 13.6. The SMILES string of the molecule is C=C(CN1[C@@H](CCCCCC)CC[C@@H]2CCCC[C@]21COC(C)=O)OCOC. The lowest BCUT2D eigenvalue weighted by atomic mass is 9.66. The molecule has 5 heteroatoms. The van der Waals surface area contributed by atoms with Gasteiger partial charge in [-0.25, -0.2) is 0 Å². The topological polar surface area (TPSA) is 48.0 Å². The van der Waals surface area contributed by atoms with Crippen molar-refractivity contribution in [3.63, 3.8) is 0 Å². The highest BCUT2D eigenvalue weighted by molar-refractivity contribution is 5.66. The number of unbranched alkanes of at least 4 members (excludes halogenated alkanes) is 3. The van der Waals surface area contributed by atoms with E-state index in [0.29, 0.717) is 25.1 Å². The average Bonchev–Trinajstić information content (AvgIpc) is 2.69. The third kappa shape index (κ3) is 6.21. The van der Waals surface area contributed by atoms with Gasteiger partial charge in [0.1, 0.15) is 12.4 Å². The molecule has 1 aliphatic carbocycles. The minimum absolute atomic E-state index is 0.0725. The number of nitrogens with zero attached hydrogens (tertiary/aromatic N) is 1. The van der Waals surface area contributed by atoms with Crippen molar-refractivity contribution in [2.75, 3.05) is 27.1 Å². The van der Waals surface area contributed by atoms with E-state index < -0.39 is 0 Å². The van der Waals surface area contributed by atoms with Gasteiger partial charge < -0.3 is 14.2 Å². The fourth-order valence-electron chi connectivity index (χ4n) is 5.27. The molecule has 1 aliphatic heterocycles. The van der Waals surface area contributed by atoms with Gasteiger partial charge in [0.05, 0.1) is 12.1 Å². The molecule has 0 aromatic carbocycles. The molecule has 162 valence electrons. The normalized spacial score (nSPS) is 27.8. The molecule has 1 heterocycles. The third-order valence-electron chi connectivity index (χ3n) is 6.68. The summed E-state index contributed by atoms with van der Waals surface area (Å²) in [6, 6.07) is 0.504. The van der Waals surface area contributed by atoms with Crippen molar-refractivity contribution in [3.8, 4) is 0 Å². The standard InChI is InChI=1S/C23H41NO4/c1-5-6-7-8-12-22-14-13-21-11-9-10-15-23(21,17-27-20(3)25)24(22)16-19(2)28-18-26-4/h21-22H,2,5-18H2,1,3-4H3/t21-,22-,23-/m0/s1. The summed E-state index contributed by atoms with van der Waals surface area (Å²) in [5.74, 6) is 1.15. The maximum Gasteiger partial charge on any atom is 0.302 e. The molecule has 2 aliphatic rings. The zero-order chi connectivity index (χ0) is 20.4. The van der Waals surface area contributed by atoms with Gasteiger partial charge in [-0.15, -0.1) is 0 Å². The zero-order valence-corrected chi connectivity index (χ0v) is 18.3. The maximum atomic E-state index is 11.7. The van der Waals surface area contributed by atoms with E-state index in [1.807, 2.05) is 0 Å². The minimum atomic E-state index is -0.182. The van der Waals surface area contributed by atoms with Crippen LogP contribution < -0.4 is 0 Å². The van der Waals surface area contributed by atoms with E-state index in [2.05, 4.69) is 18.4 Å². The zero-order valence-electron chi connectivity index (χ0n) is 18.3. The van der Waals surface area contributed by atoms with Crippen LogP contribution in [0.2, 0.25) is 0 Å². The molecule has 1 saturated heterocycles. The van der Waals surface area contributed by atoms with Crippen LogP contribution in [0.1, 0.15) is 84.5 Å². The number of methoxy groups -OCH3 is 1. The molecule has 0 aromatic rings. The van der Waals surface area contributed by atoms with Gasteiger partial charge >= 0.3 is 5.97 Å². The number of piperidine rings is 1. The van der Waals surface area contributed by atoms with Crippen LogP contribution in [-0.2, 0) is 19.0 Å². The summed E-state index contributed by atoms with van der Waals surface area (Å²) in [5, 5.41) is 0. The van der Waals surface area contributed by atoms with Crippen LogP contribution in [0.4, 0.5) is 0 Å². The number of likely N-dealkylation sites (tertiary alicyclic amines) is 1. The van der Waals surface area contributed by atoms with Gasteiger partial charge in [-0.1, -0.05) is 52.0 Å². The average molecular weight is 396 g/mol. The number of hydrogen-bond acceptors (Lipinski definition) is 5. The number of fused-ring (bicyclic) bond motifs is 1. The lowest BCUT2D eigenvalue weighted by molar-refractivity contribution is -0.156. The first-order valence-corrected chi connectivity index (χ1v) is 11.2. The molecule has 0 bridgehead atoms. The summed E-state index contributed by atoms with van der Waals surface area (Å²) in [7, 11) is 1.63. The summed E-state index contributed by atoms with van der Waals surface area (Å²) < 4.78 is 16.4. The molecule has 3 atom stereocenters. The Labute approximate surface area is 171 Å². The second-order valence-corrected chi connectivity index (χ2v) is 8.62. The van der Waals surface area contributed by atoms with Crippen LogP contribution in [-0.4, -0.2) is 49.5 Å². The molecule has 2 fully saturated rings. The van der Waals surface area contributed by atoms with Crippen molar-refractivity contribution >= 4 is 5.97 Å². The molecular formula is C23H41NO4. The smallest absolute Gasteiger partial charge is 0.302 e. The lowest BCUT2D eigenvalue weighted by Gasteiger charge is -2.57. The highest BCUT2D eigenvalue weighted by Crippen LogP contribution is 2.47. The number of rotatable bonds is 12. The summed E-state index contributed by atoms with van der Waals surface area (Å²) in [6.45, 7) is 9.34. The van der Waals surface area contributed by atoms with Gasteiger partial charge in [0.15, 0.2) is 6.79 Å². The number of esters is 1. The van der Waals surface area contributed by atoms with E-state index in [1.165, 1.54) is 71.1 Å². The van der Waals surface area contributed by atoms with Crippen molar-refractivity contribution in [3.05, 3.63) is 12.3 Å². The molecule has 5 nitrogen and oxygen atoms in total. The largest absolute Gasteiger partial charge is 0.471 e. The van der Waals surface area contributed by atoms with Crippen LogP contribution in [0.5, 0.6) is 0 Å². The Morgan fingerprint density at radius 1 is 1.14 bits per heavy atom.